The second-order valence-corrected chi connectivity index (χ2v) is 2.97. The van der Waals surface area contributed by atoms with E-state index in [4.69, 9.17) is 0 Å². The van der Waals surface area contributed by atoms with Gasteiger partial charge in [0.25, 0.3) is 0 Å². The maximum atomic E-state index is 13.4. The van der Waals surface area contributed by atoms with Gasteiger partial charge >= 0.3 is 0 Å². The number of nitrogens with zero attached hydrogens (tertiary/aromatic N) is 1. The smallest absolute Gasteiger partial charge is 0.228 e. The van der Waals surface area contributed by atoms with Gasteiger partial charge in [-0.25, -0.2) is 8.78 Å². The van der Waals surface area contributed by atoms with E-state index in [1.165, 1.54) is 17.2 Å². The van der Waals surface area contributed by atoms with Crippen molar-refractivity contribution in [2.24, 2.45) is 0 Å². The van der Waals surface area contributed by atoms with Crippen molar-refractivity contribution >= 4 is 5.69 Å². The zero-order valence-corrected chi connectivity index (χ0v) is 7.40. The molecule has 1 aromatic carbocycles. The molecule has 2 rings (SSSR count). The number of halogens is 2. The molecule has 14 heavy (non-hydrogen) atoms. The number of benzene rings is 1. The highest BCUT2D eigenvalue weighted by Crippen LogP contribution is 2.25. The van der Waals surface area contributed by atoms with Gasteiger partial charge in [-0.15, -0.1) is 0 Å². The molecular formula is C11H9F2N. The molecule has 1 aliphatic heterocycles. The number of rotatable bonds is 1. The van der Waals surface area contributed by atoms with Crippen LogP contribution in [0, 0.1) is 0 Å². The van der Waals surface area contributed by atoms with E-state index in [2.05, 4.69) is 0 Å². The monoisotopic (exact) mass is 193 g/mol. The van der Waals surface area contributed by atoms with E-state index in [-0.39, 0.29) is 0 Å². The van der Waals surface area contributed by atoms with E-state index in [1.807, 2.05) is 6.07 Å². The van der Waals surface area contributed by atoms with Crippen LogP contribution in [0.15, 0.2) is 54.5 Å². The molecule has 0 saturated heterocycles. The number of para-hydroxylation sites is 1. The van der Waals surface area contributed by atoms with Crippen molar-refractivity contribution in [2.75, 3.05) is 4.90 Å². The van der Waals surface area contributed by atoms with E-state index in [9.17, 15) is 8.78 Å². The fourth-order valence-corrected chi connectivity index (χ4v) is 1.33. The quantitative estimate of drug-likeness (QED) is 0.619. The normalized spacial score (nSPS) is 20.9. The number of anilines is 1. The summed E-state index contributed by atoms with van der Waals surface area (Å²) in [5.41, 5.74) is 0.638. The standard InChI is InChI=1S/C11H9F2N/c12-10-7-4-8-14(11(10)13)9-5-2-1-3-6-9/h1-8,11H. The molecule has 1 atom stereocenters. The summed E-state index contributed by atoms with van der Waals surface area (Å²) in [5.74, 6) is -0.767. The van der Waals surface area contributed by atoms with Crippen LogP contribution in [0.25, 0.3) is 0 Å². The van der Waals surface area contributed by atoms with Gasteiger partial charge in [-0.05, 0) is 24.3 Å². The van der Waals surface area contributed by atoms with Crippen LogP contribution < -0.4 is 4.90 Å². The van der Waals surface area contributed by atoms with Crippen molar-refractivity contribution in [2.45, 2.75) is 6.30 Å². The van der Waals surface area contributed by atoms with Gasteiger partial charge in [0, 0.05) is 11.9 Å². The Morgan fingerprint density at radius 2 is 1.86 bits per heavy atom. The van der Waals surface area contributed by atoms with Gasteiger partial charge in [-0.3, -0.25) is 0 Å². The summed E-state index contributed by atoms with van der Waals surface area (Å²) in [4.78, 5) is 1.25. The molecule has 3 heteroatoms. The van der Waals surface area contributed by atoms with Crippen LogP contribution in [0.2, 0.25) is 0 Å². The number of allylic oxidation sites excluding steroid dienone is 2. The Morgan fingerprint density at radius 3 is 2.57 bits per heavy atom. The minimum Gasteiger partial charge on any atom is -0.312 e. The van der Waals surface area contributed by atoms with Crippen LogP contribution in [0.1, 0.15) is 0 Å². The molecule has 1 heterocycles. The third-order valence-electron chi connectivity index (χ3n) is 2.03. The minimum atomic E-state index is -1.71. The van der Waals surface area contributed by atoms with Gasteiger partial charge in [0.1, 0.15) is 0 Å². The predicted octanol–water partition coefficient (Wildman–Crippen LogP) is 3.17. The highest BCUT2D eigenvalue weighted by Gasteiger charge is 2.22. The van der Waals surface area contributed by atoms with Gasteiger partial charge in [-0.2, -0.15) is 0 Å². The Morgan fingerprint density at radius 1 is 1.14 bits per heavy atom. The van der Waals surface area contributed by atoms with Crippen LogP contribution in [-0.4, -0.2) is 6.30 Å². The van der Waals surface area contributed by atoms with Gasteiger partial charge in [0.15, 0.2) is 5.83 Å². The SMILES string of the molecule is FC1=CC=CN(c2ccccc2)C1F. The van der Waals surface area contributed by atoms with E-state index < -0.39 is 12.1 Å². The molecule has 0 aromatic heterocycles. The van der Waals surface area contributed by atoms with Crippen LogP contribution >= 0.6 is 0 Å². The number of hydrogen-bond donors (Lipinski definition) is 0. The molecule has 1 nitrogen and oxygen atoms in total. The van der Waals surface area contributed by atoms with Crippen molar-refractivity contribution < 1.29 is 8.78 Å². The summed E-state index contributed by atoms with van der Waals surface area (Å²) in [6.07, 6.45) is 2.42. The summed E-state index contributed by atoms with van der Waals surface area (Å²) < 4.78 is 26.3. The summed E-state index contributed by atoms with van der Waals surface area (Å²) in [7, 11) is 0. The lowest BCUT2D eigenvalue weighted by atomic mass is 10.2. The second kappa shape index (κ2) is 3.62. The van der Waals surface area contributed by atoms with Gasteiger partial charge < -0.3 is 4.90 Å². The fraction of sp³-hybridized carbons (Fsp3) is 0.0909. The molecule has 0 saturated carbocycles. The first kappa shape index (κ1) is 8.94. The summed E-state index contributed by atoms with van der Waals surface area (Å²) in [6, 6.07) is 8.86. The number of hydrogen-bond acceptors (Lipinski definition) is 1. The van der Waals surface area contributed by atoms with Crippen molar-refractivity contribution in [1.82, 2.24) is 0 Å². The molecule has 0 bridgehead atoms. The van der Waals surface area contributed by atoms with Crippen LogP contribution in [0.4, 0.5) is 14.5 Å². The predicted molar refractivity (Wildman–Crippen MR) is 52.1 cm³/mol. The Bertz CT molecular complexity index is 370. The molecule has 0 radical (unpaired) electrons. The van der Waals surface area contributed by atoms with E-state index in [0.29, 0.717) is 5.69 Å². The molecule has 0 aliphatic carbocycles. The fourth-order valence-electron chi connectivity index (χ4n) is 1.33. The minimum absolute atomic E-state index is 0.638. The highest BCUT2D eigenvalue weighted by atomic mass is 19.2. The summed E-state index contributed by atoms with van der Waals surface area (Å²) in [5, 5.41) is 0. The third kappa shape index (κ3) is 1.53. The summed E-state index contributed by atoms with van der Waals surface area (Å²) in [6.45, 7) is 0. The lowest BCUT2D eigenvalue weighted by Gasteiger charge is -2.25. The Labute approximate surface area is 81.0 Å². The Balaban J connectivity index is 2.29. The van der Waals surface area contributed by atoms with Crippen molar-refractivity contribution in [3.63, 3.8) is 0 Å². The highest BCUT2D eigenvalue weighted by molar-refractivity contribution is 5.52. The Kier molecular flexibility index (Phi) is 2.31. The molecule has 0 amide bonds. The lowest BCUT2D eigenvalue weighted by Crippen LogP contribution is -2.28. The lowest BCUT2D eigenvalue weighted by molar-refractivity contribution is 0.326. The van der Waals surface area contributed by atoms with Crippen molar-refractivity contribution in [3.8, 4) is 0 Å². The first-order chi connectivity index (χ1) is 6.79. The molecule has 1 unspecified atom stereocenters. The summed E-state index contributed by atoms with van der Waals surface area (Å²) >= 11 is 0. The molecular weight excluding hydrogens is 184 g/mol. The number of alkyl halides is 1. The van der Waals surface area contributed by atoms with Crippen LogP contribution in [0.3, 0.4) is 0 Å². The maximum Gasteiger partial charge on any atom is 0.228 e. The van der Waals surface area contributed by atoms with Crippen molar-refractivity contribution in [1.29, 1.82) is 0 Å². The van der Waals surface area contributed by atoms with Gasteiger partial charge in [0.05, 0.1) is 0 Å². The van der Waals surface area contributed by atoms with Crippen molar-refractivity contribution in [3.05, 3.63) is 54.5 Å². The van der Waals surface area contributed by atoms with Crippen LogP contribution in [0.5, 0.6) is 0 Å². The molecule has 1 aromatic rings. The molecule has 1 aliphatic rings. The molecule has 0 fully saturated rings. The average Bonchev–Trinajstić information content (AvgIpc) is 2.23. The maximum absolute atomic E-state index is 13.4. The zero-order chi connectivity index (χ0) is 9.97. The largest absolute Gasteiger partial charge is 0.312 e. The second-order valence-electron chi connectivity index (χ2n) is 2.97. The Hall–Kier alpha value is -1.64. The van der Waals surface area contributed by atoms with Gasteiger partial charge in [0.2, 0.25) is 6.30 Å². The third-order valence-corrected chi connectivity index (χ3v) is 2.03. The van der Waals surface area contributed by atoms with E-state index >= 15 is 0 Å². The molecule has 0 spiro atoms. The van der Waals surface area contributed by atoms with Gasteiger partial charge in [-0.1, -0.05) is 18.2 Å². The van der Waals surface area contributed by atoms with E-state index in [0.717, 1.165) is 6.08 Å². The zero-order valence-electron chi connectivity index (χ0n) is 7.40. The van der Waals surface area contributed by atoms with E-state index in [1.54, 1.807) is 24.3 Å². The molecule has 72 valence electrons. The topological polar surface area (TPSA) is 3.24 Å². The first-order valence-corrected chi connectivity index (χ1v) is 4.30. The molecule has 0 N–H and O–H groups in total. The van der Waals surface area contributed by atoms with Crippen LogP contribution in [-0.2, 0) is 0 Å². The average molecular weight is 193 g/mol. The first-order valence-electron chi connectivity index (χ1n) is 4.30.